The Kier molecular flexibility index (Phi) is 9.54. The predicted molar refractivity (Wildman–Crippen MR) is 101 cm³/mol. The van der Waals surface area contributed by atoms with Crippen molar-refractivity contribution < 1.29 is 79.9 Å². The normalized spacial score (nSPS) is 52.5. The monoisotopic (exact) mass is 504 g/mol. The van der Waals surface area contributed by atoms with Crippen molar-refractivity contribution in [3.8, 4) is 0 Å². The van der Waals surface area contributed by atoms with Crippen LogP contribution in [0.4, 0.5) is 0 Å². The van der Waals surface area contributed by atoms with Crippen LogP contribution >= 0.6 is 0 Å². The summed E-state index contributed by atoms with van der Waals surface area (Å²) in [7, 11) is 0. The zero-order valence-electron chi connectivity index (χ0n) is 17.7. The Morgan fingerprint density at radius 1 is 0.441 bits per heavy atom. The van der Waals surface area contributed by atoms with E-state index >= 15 is 0 Å². The molecule has 3 aliphatic rings. The van der Waals surface area contributed by atoms with Crippen LogP contribution in [0.25, 0.3) is 0 Å². The summed E-state index contributed by atoms with van der Waals surface area (Å²) in [5.41, 5.74) is 0. The molecule has 0 aromatic heterocycles. The van der Waals surface area contributed by atoms with Gasteiger partial charge < -0.3 is 79.9 Å². The molecule has 0 aromatic rings. The summed E-state index contributed by atoms with van der Waals surface area (Å²) in [4.78, 5) is 0. The van der Waals surface area contributed by atoms with E-state index in [1.165, 1.54) is 0 Å². The molecule has 16 heteroatoms. The SMILES string of the molecule is OC[C@H]1O[C@H](O[C@@H]2[C@@H](O[C@H]3[C@@H](O)[C@H](O)[C@@H](CO)O[C@H]3O)O[C@H](CO)[C@@H](O)[C@@H]2O)[C@H](O)[C@@H](O)[C@H]1O. The van der Waals surface area contributed by atoms with Crippen LogP contribution in [0.15, 0.2) is 0 Å². The van der Waals surface area contributed by atoms with Crippen molar-refractivity contribution in [1.29, 1.82) is 0 Å². The van der Waals surface area contributed by atoms with Crippen LogP contribution < -0.4 is 0 Å². The molecular weight excluding hydrogens is 472 g/mol. The highest BCUT2D eigenvalue weighted by atomic mass is 16.8. The molecule has 0 aliphatic carbocycles. The zero-order valence-corrected chi connectivity index (χ0v) is 17.7. The molecule has 3 heterocycles. The van der Waals surface area contributed by atoms with Gasteiger partial charge in [0, 0.05) is 0 Å². The number of hydrogen-bond acceptors (Lipinski definition) is 16. The molecule has 0 amide bonds. The second-order valence-corrected chi connectivity index (χ2v) is 8.33. The smallest absolute Gasteiger partial charge is 0.187 e. The van der Waals surface area contributed by atoms with Crippen LogP contribution in [-0.4, -0.2) is 168 Å². The Morgan fingerprint density at radius 2 is 0.853 bits per heavy atom. The van der Waals surface area contributed by atoms with E-state index < -0.39 is 112 Å². The molecule has 34 heavy (non-hydrogen) atoms. The summed E-state index contributed by atoms with van der Waals surface area (Å²) >= 11 is 0. The molecular formula is C18H32O16. The van der Waals surface area contributed by atoms with Gasteiger partial charge in [-0.3, -0.25) is 0 Å². The maximum Gasteiger partial charge on any atom is 0.187 e. The number of ether oxygens (including phenoxy) is 5. The van der Waals surface area contributed by atoms with Gasteiger partial charge in [0.1, 0.15) is 73.2 Å². The lowest BCUT2D eigenvalue weighted by Gasteiger charge is -2.48. The van der Waals surface area contributed by atoms with Crippen LogP contribution in [0.2, 0.25) is 0 Å². The molecule has 16 nitrogen and oxygen atoms in total. The van der Waals surface area contributed by atoms with E-state index in [1.807, 2.05) is 0 Å². The van der Waals surface area contributed by atoms with Gasteiger partial charge >= 0.3 is 0 Å². The second-order valence-electron chi connectivity index (χ2n) is 8.33. The van der Waals surface area contributed by atoms with Gasteiger partial charge in [0.25, 0.3) is 0 Å². The van der Waals surface area contributed by atoms with Crippen molar-refractivity contribution in [2.24, 2.45) is 0 Å². The molecule has 0 saturated carbocycles. The third-order valence-electron chi connectivity index (χ3n) is 6.10. The summed E-state index contributed by atoms with van der Waals surface area (Å²) in [5, 5.41) is 109. The lowest BCUT2D eigenvalue weighted by atomic mass is 9.96. The van der Waals surface area contributed by atoms with Crippen LogP contribution in [0.5, 0.6) is 0 Å². The summed E-state index contributed by atoms with van der Waals surface area (Å²) < 4.78 is 26.5. The molecule has 3 aliphatic heterocycles. The van der Waals surface area contributed by atoms with E-state index in [1.54, 1.807) is 0 Å². The van der Waals surface area contributed by atoms with Crippen molar-refractivity contribution in [1.82, 2.24) is 0 Å². The average molecular weight is 504 g/mol. The minimum absolute atomic E-state index is 0.734. The summed E-state index contributed by atoms with van der Waals surface area (Å²) in [5.74, 6) is 0. The Hall–Kier alpha value is -0.640. The Balaban J connectivity index is 1.82. The minimum atomic E-state index is -1.90. The molecule has 11 N–H and O–H groups in total. The summed E-state index contributed by atoms with van der Waals surface area (Å²) in [6, 6.07) is 0. The fourth-order valence-electron chi connectivity index (χ4n) is 4.02. The highest BCUT2D eigenvalue weighted by Crippen LogP contribution is 2.32. The molecule has 0 radical (unpaired) electrons. The molecule has 3 saturated heterocycles. The van der Waals surface area contributed by atoms with Gasteiger partial charge in [-0.15, -0.1) is 0 Å². The molecule has 0 unspecified atom stereocenters. The number of rotatable bonds is 7. The van der Waals surface area contributed by atoms with Crippen molar-refractivity contribution in [3.05, 3.63) is 0 Å². The van der Waals surface area contributed by atoms with E-state index in [0.29, 0.717) is 0 Å². The first-order chi connectivity index (χ1) is 16.0. The molecule has 0 aromatic carbocycles. The lowest BCUT2D eigenvalue weighted by molar-refractivity contribution is -0.391. The first kappa shape index (κ1) is 27.9. The zero-order chi connectivity index (χ0) is 25.3. The van der Waals surface area contributed by atoms with Crippen molar-refractivity contribution >= 4 is 0 Å². The molecule has 0 bridgehead atoms. The largest absolute Gasteiger partial charge is 0.394 e. The van der Waals surface area contributed by atoms with Gasteiger partial charge in [0.05, 0.1) is 19.8 Å². The Morgan fingerprint density at radius 3 is 1.38 bits per heavy atom. The first-order valence-corrected chi connectivity index (χ1v) is 10.6. The van der Waals surface area contributed by atoms with Crippen molar-refractivity contribution in [3.63, 3.8) is 0 Å². The van der Waals surface area contributed by atoms with E-state index in [2.05, 4.69) is 0 Å². The third-order valence-corrected chi connectivity index (χ3v) is 6.10. The third kappa shape index (κ3) is 5.37. The van der Waals surface area contributed by atoms with Gasteiger partial charge in [-0.25, -0.2) is 0 Å². The maximum absolute atomic E-state index is 10.6. The highest BCUT2D eigenvalue weighted by Gasteiger charge is 2.53. The quantitative estimate of drug-likeness (QED) is 0.154. The molecule has 3 fully saturated rings. The molecule has 200 valence electrons. The van der Waals surface area contributed by atoms with Crippen LogP contribution in [0, 0.1) is 0 Å². The lowest BCUT2D eigenvalue weighted by Crippen LogP contribution is -2.66. The van der Waals surface area contributed by atoms with Crippen LogP contribution in [0.3, 0.4) is 0 Å². The molecule has 15 atom stereocenters. The second kappa shape index (κ2) is 11.6. The number of aliphatic hydroxyl groups excluding tert-OH is 11. The Bertz CT molecular complexity index is 639. The van der Waals surface area contributed by atoms with Gasteiger partial charge in [-0.1, -0.05) is 0 Å². The van der Waals surface area contributed by atoms with Crippen LogP contribution in [-0.2, 0) is 23.7 Å². The van der Waals surface area contributed by atoms with Crippen molar-refractivity contribution in [2.75, 3.05) is 19.8 Å². The van der Waals surface area contributed by atoms with E-state index in [-0.39, 0.29) is 0 Å². The highest BCUT2D eigenvalue weighted by molar-refractivity contribution is 4.95. The minimum Gasteiger partial charge on any atom is -0.394 e. The predicted octanol–water partition coefficient (Wildman–Crippen LogP) is -7.57. The molecule has 0 spiro atoms. The van der Waals surface area contributed by atoms with E-state index in [4.69, 9.17) is 23.7 Å². The number of aliphatic hydroxyl groups is 11. The van der Waals surface area contributed by atoms with Gasteiger partial charge in [0.15, 0.2) is 18.9 Å². The van der Waals surface area contributed by atoms with Crippen molar-refractivity contribution in [2.45, 2.75) is 92.1 Å². The van der Waals surface area contributed by atoms with E-state index in [9.17, 15) is 56.2 Å². The summed E-state index contributed by atoms with van der Waals surface area (Å²) in [6.45, 7) is -2.31. The van der Waals surface area contributed by atoms with Crippen LogP contribution in [0.1, 0.15) is 0 Å². The summed E-state index contributed by atoms with van der Waals surface area (Å²) in [6.07, 6.45) is -25.7. The maximum atomic E-state index is 10.6. The van der Waals surface area contributed by atoms with Gasteiger partial charge in [-0.05, 0) is 0 Å². The topological polar surface area (TPSA) is 269 Å². The van der Waals surface area contributed by atoms with Gasteiger partial charge in [-0.2, -0.15) is 0 Å². The Labute approximate surface area is 192 Å². The average Bonchev–Trinajstić information content (AvgIpc) is 2.83. The number of hydrogen-bond donors (Lipinski definition) is 11. The first-order valence-electron chi connectivity index (χ1n) is 10.6. The van der Waals surface area contributed by atoms with E-state index in [0.717, 1.165) is 0 Å². The molecule has 3 rings (SSSR count). The standard InChI is InChI=1S/C18H32O16/c19-1-4-8(23)11(26)14(16(29)30-4)33-18-15(12(27)9(24)6(3-21)32-18)34-17-13(28)10(25)7(22)5(2-20)31-17/h4-29H,1-3H2/t4-,5-,6-,7+,8-,9-,10+,11+,12+,13-,14+,15+,16-,17-,18-/m1/s1. The fraction of sp³-hybridized carbons (Fsp3) is 1.00. The van der Waals surface area contributed by atoms with Gasteiger partial charge in [0.2, 0.25) is 0 Å². The fourth-order valence-corrected chi connectivity index (χ4v) is 4.02.